The maximum absolute atomic E-state index is 12.5. The van der Waals surface area contributed by atoms with Gasteiger partial charge in [0.25, 0.3) is 0 Å². The molecule has 0 aromatic rings. The van der Waals surface area contributed by atoms with Gasteiger partial charge in [0.05, 0.1) is 25.4 Å². The molecule has 0 saturated carbocycles. The van der Waals surface area contributed by atoms with Gasteiger partial charge >= 0.3 is 5.97 Å². The van der Waals surface area contributed by atoms with E-state index < -0.39 is 12.1 Å². The van der Waals surface area contributed by atoms with Crippen LogP contribution in [0.1, 0.15) is 386 Å². The minimum Gasteiger partial charge on any atom is -0.466 e. The van der Waals surface area contributed by atoms with E-state index >= 15 is 0 Å². The predicted octanol–water partition coefficient (Wildman–Crippen LogP) is 22.7. The van der Waals surface area contributed by atoms with Crippen LogP contribution in [0.5, 0.6) is 0 Å². The summed E-state index contributed by atoms with van der Waals surface area (Å²) in [5.74, 6) is -0.0786. The van der Waals surface area contributed by atoms with Crippen LogP contribution in [0.4, 0.5) is 0 Å². The summed E-state index contributed by atoms with van der Waals surface area (Å²) < 4.78 is 5.50. The van der Waals surface area contributed by atoms with Crippen LogP contribution in [-0.2, 0) is 14.3 Å². The van der Waals surface area contributed by atoms with Crippen molar-refractivity contribution in [2.45, 2.75) is 398 Å². The summed E-state index contributed by atoms with van der Waals surface area (Å²) in [6.07, 6.45) is 86.4. The Hall–Kier alpha value is -1.92. The smallest absolute Gasteiger partial charge is 0.305 e. The number of ether oxygens (including phenoxy) is 1. The number of aliphatic hydroxyl groups excluding tert-OH is 2. The topological polar surface area (TPSA) is 95.9 Å². The van der Waals surface area contributed by atoms with Crippen molar-refractivity contribution in [1.82, 2.24) is 5.32 Å². The molecule has 0 heterocycles. The molecular formula is C72H137NO5. The van der Waals surface area contributed by atoms with Crippen LogP contribution in [0.2, 0.25) is 0 Å². The molecule has 0 aliphatic heterocycles. The lowest BCUT2D eigenvalue weighted by Gasteiger charge is -2.20. The molecule has 460 valence electrons. The molecule has 0 rings (SSSR count). The van der Waals surface area contributed by atoms with Gasteiger partial charge in [-0.2, -0.15) is 0 Å². The summed E-state index contributed by atoms with van der Waals surface area (Å²) in [7, 11) is 0. The Morgan fingerprint density at radius 1 is 0.346 bits per heavy atom. The zero-order chi connectivity index (χ0) is 56.4. The number of nitrogens with one attached hydrogen (secondary N) is 1. The highest BCUT2D eigenvalue weighted by molar-refractivity contribution is 5.76. The van der Waals surface area contributed by atoms with Crippen LogP contribution < -0.4 is 5.32 Å². The van der Waals surface area contributed by atoms with E-state index in [0.29, 0.717) is 19.4 Å². The quantitative estimate of drug-likeness (QED) is 0.0320. The van der Waals surface area contributed by atoms with Gasteiger partial charge < -0.3 is 20.3 Å². The second kappa shape index (κ2) is 67.6. The largest absolute Gasteiger partial charge is 0.466 e. The molecule has 0 aliphatic carbocycles. The highest BCUT2D eigenvalue weighted by Gasteiger charge is 2.18. The van der Waals surface area contributed by atoms with Crippen LogP contribution in [0.25, 0.3) is 0 Å². The first-order chi connectivity index (χ1) is 38.5. The number of carbonyl (C=O) groups is 2. The van der Waals surface area contributed by atoms with Gasteiger partial charge in [0.1, 0.15) is 0 Å². The number of aliphatic hydroxyl groups is 2. The minimum atomic E-state index is -0.855. The molecule has 0 radical (unpaired) electrons. The van der Waals surface area contributed by atoms with E-state index in [4.69, 9.17) is 4.74 Å². The molecule has 0 fully saturated rings. The molecule has 0 saturated heterocycles. The highest BCUT2D eigenvalue weighted by atomic mass is 16.5. The third-order valence-corrected chi connectivity index (χ3v) is 16.4. The van der Waals surface area contributed by atoms with Gasteiger partial charge in [-0.1, -0.05) is 326 Å². The first kappa shape index (κ1) is 76.1. The summed E-state index contributed by atoms with van der Waals surface area (Å²) in [4.78, 5) is 24.6. The molecule has 0 bridgehead atoms. The van der Waals surface area contributed by atoms with Gasteiger partial charge in [-0.15, -0.1) is 0 Å². The lowest BCUT2D eigenvalue weighted by atomic mass is 10.0. The lowest BCUT2D eigenvalue weighted by molar-refractivity contribution is -0.143. The molecule has 3 N–H and O–H groups in total. The summed E-state index contributed by atoms with van der Waals surface area (Å²) in [6.45, 7) is 4.92. The first-order valence-corrected chi connectivity index (χ1v) is 35.3. The maximum Gasteiger partial charge on any atom is 0.305 e. The van der Waals surface area contributed by atoms with Gasteiger partial charge in [-0.3, -0.25) is 9.59 Å². The van der Waals surface area contributed by atoms with E-state index in [1.165, 1.54) is 302 Å². The summed E-state index contributed by atoms with van der Waals surface area (Å²) in [6, 6.07) is -0.640. The fourth-order valence-corrected chi connectivity index (χ4v) is 11.0. The Bertz CT molecular complexity index is 1260. The van der Waals surface area contributed by atoms with Crippen molar-refractivity contribution in [3.8, 4) is 0 Å². The van der Waals surface area contributed by atoms with Gasteiger partial charge in [-0.05, 0) is 83.5 Å². The van der Waals surface area contributed by atoms with Gasteiger partial charge in [0.2, 0.25) is 5.91 Å². The van der Waals surface area contributed by atoms with E-state index in [0.717, 1.165) is 57.8 Å². The molecule has 0 spiro atoms. The summed E-state index contributed by atoms with van der Waals surface area (Å²) >= 11 is 0. The highest BCUT2D eigenvalue weighted by Crippen LogP contribution is 2.18. The van der Waals surface area contributed by atoms with E-state index in [9.17, 15) is 19.8 Å². The first-order valence-electron chi connectivity index (χ1n) is 35.3. The molecule has 2 atom stereocenters. The number of rotatable bonds is 66. The molecule has 6 heteroatoms. The number of allylic oxidation sites excluding steroid dienone is 5. The van der Waals surface area contributed by atoms with E-state index in [1.54, 1.807) is 6.08 Å². The molecule has 6 nitrogen and oxygen atoms in total. The second-order valence-electron chi connectivity index (χ2n) is 24.2. The van der Waals surface area contributed by atoms with Crippen molar-refractivity contribution in [2.24, 2.45) is 0 Å². The third-order valence-electron chi connectivity index (χ3n) is 16.4. The fraction of sp³-hybridized carbons (Fsp3) is 0.889. The van der Waals surface area contributed by atoms with E-state index in [1.807, 2.05) is 6.08 Å². The Kier molecular flexibility index (Phi) is 65.9. The van der Waals surface area contributed by atoms with Crippen molar-refractivity contribution in [1.29, 1.82) is 0 Å². The summed E-state index contributed by atoms with van der Waals surface area (Å²) in [5.41, 5.74) is 0. The Morgan fingerprint density at radius 2 is 0.603 bits per heavy atom. The molecule has 78 heavy (non-hydrogen) atoms. The van der Waals surface area contributed by atoms with Crippen molar-refractivity contribution >= 4 is 11.9 Å². The van der Waals surface area contributed by atoms with Gasteiger partial charge in [0.15, 0.2) is 0 Å². The molecular weight excluding hydrogens is 959 g/mol. The van der Waals surface area contributed by atoms with E-state index in [2.05, 4.69) is 43.5 Å². The molecule has 0 aromatic carbocycles. The predicted molar refractivity (Wildman–Crippen MR) is 343 cm³/mol. The number of amides is 1. The average molecular weight is 1100 g/mol. The number of hydrogen-bond donors (Lipinski definition) is 3. The Morgan fingerprint density at radius 3 is 0.910 bits per heavy atom. The Balaban J connectivity index is 3.46. The monoisotopic (exact) mass is 1100 g/mol. The summed E-state index contributed by atoms with van der Waals surface area (Å²) in [5, 5.41) is 23.3. The number of hydrogen-bond acceptors (Lipinski definition) is 5. The maximum atomic E-state index is 12.5. The SMILES string of the molecule is CCCCCCCCC/C=C\CCCCCCCCCC(=O)OCCCCCCCCCCC/C=C\CCCCCCCC(=O)NC(CO)C(O)/C=C/CCCCCCCCCCCCCCCCCCCCCCCCC. The van der Waals surface area contributed by atoms with Gasteiger partial charge in [0, 0.05) is 12.8 Å². The number of esters is 1. The van der Waals surface area contributed by atoms with Crippen LogP contribution in [0.3, 0.4) is 0 Å². The van der Waals surface area contributed by atoms with Crippen LogP contribution >= 0.6 is 0 Å². The lowest BCUT2D eigenvalue weighted by Crippen LogP contribution is -2.45. The number of carbonyl (C=O) groups excluding carboxylic acids is 2. The molecule has 0 aromatic heterocycles. The average Bonchev–Trinajstić information content (AvgIpc) is 3.44. The van der Waals surface area contributed by atoms with Crippen molar-refractivity contribution < 1.29 is 24.5 Å². The Labute approximate surface area is 487 Å². The van der Waals surface area contributed by atoms with Crippen LogP contribution in [0, 0.1) is 0 Å². The molecule has 1 amide bonds. The van der Waals surface area contributed by atoms with Gasteiger partial charge in [-0.25, -0.2) is 0 Å². The van der Waals surface area contributed by atoms with Crippen LogP contribution in [0.15, 0.2) is 36.5 Å². The normalized spacial score (nSPS) is 12.7. The van der Waals surface area contributed by atoms with Crippen molar-refractivity contribution in [3.63, 3.8) is 0 Å². The van der Waals surface area contributed by atoms with Crippen molar-refractivity contribution in [2.75, 3.05) is 13.2 Å². The standard InChI is InChI=1S/C72H137NO5/c1-3-5-7-9-11-13-15-17-19-21-23-24-25-26-27-28-29-32-36-40-44-48-52-56-60-64-70(75)69(68-74)73-71(76)65-61-57-53-49-45-41-37-33-30-31-35-39-43-47-51-55-59-63-67-78-72(77)66-62-58-54-50-46-42-38-34-22-20-18-16-14-12-10-8-6-4-2/h20,22,33,37,60,64,69-70,74-75H,3-19,21,23-32,34-36,38-59,61-63,65-68H2,1-2H3,(H,73,76)/b22-20-,37-33-,64-60+. The second-order valence-corrected chi connectivity index (χ2v) is 24.2. The minimum absolute atomic E-state index is 0.00000657. The number of unbranched alkanes of at least 4 members (excludes halogenated alkanes) is 51. The molecule has 2 unspecified atom stereocenters. The molecule has 0 aliphatic rings. The van der Waals surface area contributed by atoms with Crippen LogP contribution in [-0.4, -0.2) is 47.4 Å². The third kappa shape index (κ3) is 63.3. The zero-order valence-corrected chi connectivity index (χ0v) is 52.7. The fourth-order valence-electron chi connectivity index (χ4n) is 11.0. The van der Waals surface area contributed by atoms with Crippen molar-refractivity contribution in [3.05, 3.63) is 36.5 Å². The zero-order valence-electron chi connectivity index (χ0n) is 52.7. The van der Waals surface area contributed by atoms with E-state index in [-0.39, 0.29) is 18.5 Å².